The minimum atomic E-state index is 0.654. The smallest absolute Gasteiger partial charge is 0.105 e. The molecule has 1 fully saturated rings. The van der Waals surface area contributed by atoms with Crippen LogP contribution in [0.1, 0.15) is 25.1 Å². The van der Waals surface area contributed by atoms with Crippen LogP contribution in [0.25, 0.3) is 0 Å². The Labute approximate surface area is 79.2 Å². The van der Waals surface area contributed by atoms with E-state index in [9.17, 15) is 0 Å². The van der Waals surface area contributed by atoms with Crippen LogP contribution in [0.4, 0.5) is 0 Å². The molecule has 1 aliphatic heterocycles. The maximum Gasteiger partial charge on any atom is 0.105 e. The van der Waals surface area contributed by atoms with E-state index in [0.717, 1.165) is 12.4 Å². The van der Waals surface area contributed by atoms with E-state index in [-0.39, 0.29) is 0 Å². The van der Waals surface area contributed by atoms with Crippen LogP contribution in [0.3, 0.4) is 0 Å². The summed E-state index contributed by atoms with van der Waals surface area (Å²) in [5.74, 6) is 1.12. The van der Waals surface area contributed by atoms with Gasteiger partial charge in [-0.2, -0.15) is 0 Å². The fourth-order valence-electron chi connectivity index (χ4n) is 1.91. The first-order valence-corrected chi connectivity index (χ1v) is 5.07. The van der Waals surface area contributed by atoms with Gasteiger partial charge in [0.15, 0.2) is 0 Å². The predicted octanol–water partition coefficient (Wildman–Crippen LogP) is 1.33. The quantitative estimate of drug-likeness (QED) is 0.742. The third-order valence-corrected chi connectivity index (χ3v) is 2.75. The fraction of sp³-hybridized carbons (Fsp3) is 0.700. The lowest BCUT2D eigenvalue weighted by atomic mass is 10.1. The van der Waals surface area contributed by atoms with Crippen molar-refractivity contribution in [2.75, 3.05) is 6.54 Å². The number of rotatable bonds is 2. The second-order valence-electron chi connectivity index (χ2n) is 3.77. The van der Waals surface area contributed by atoms with Crippen LogP contribution in [0.2, 0.25) is 0 Å². The first kappa shape index (κ1) is 8.75. The van der Waals surface area contributed by atoms with Crippen molar-refractivity contribution in [3.8, 4) is 0 Å². The van der Waals surface area contributed by atoms with E-state index in [2.05, 4.69) is 28.0 Å². The van der Waals surface area contributed by atoms with Gasteiger partial charge in [-0.3, -0.25) is 0 Å². The third kappa shape index (κ3) is 2.10. The van der Waals surface area contributed by atoms with Crippen LogP contribution < -0.4 is 5.32 Å². The normalized spacial score (nSPS) is 23.3. The highest BCUT2D eigenvalue weighted by Crippen LogP contribution is 2.09. The number of aryl methyl sites for hydroxylation is 1. The van der Waals surface area contributed by atoms with Gasteiger partial charge < -0.3 is 9.88 Å². The van der Waals surface area contributed by atoms with Crippen molar-refractivity contribution in [3.05, 3.63) is 18.2 Å². The zero-order valence-electron chi connectivity index (χ0n) is 8.16. The summed E-state index contributed by atoms with van der Waals surface area (Å²) < 4.78 is 2.23. The summed E-state index contributed by atoms with van der Waals surface area (Å²) in [5, 5.41) is 3.54. The molecule has 1 N–H and O–H groups in total. The van der Waals surface area contributed by atoms with E-state index in [1.165, 1.54) is 25.8 Å². The standard InChI is InChI=1S/C10H17N3/c1-9-11-6-7-13(9)8-10-4-2-3-5-12-10/h6-7,10,12H,2-5,8H2,1H3. The molecule has 1 saturated heterocycles. The molecular formula is C10H17N3. The molecule has 1 aliphatic rings. The second-order valence-corrected chi connectivity index (χ2v) is 3.77. The van der Waals surface area contributed by atoms with E-state index in [4.69, 9.17) is 0 Å². The van der Waals surface area contributed by atoms with Crippen LogP contribution in [-0.4, -0.2) is 22.1 Å². The summed E-state index contributed by atoms with van der Waals surface area (Å²) in [6, 6.07) is 0.654. The van der Waals surface area contributed by atoms with Gasteiger partial charge in [0.2, 0.25) is 0 Å². The predicted molar refractivity (Wildman–Crippen MR) is 52.6 cm³/mol. The highest BCUT2D eigenvalue weighted by molar-refractivity contribution is 4.90. The van der Waals surface area contributed by atoms with Crippen LogP contribution in [0, 0.1) is 6.92 Å². The molecule has 3 heteroatoms. The van der Waals surface area contributed by atoms with E-state index in [0.29, 0.717) is 6.04 Å². The number of hydrogen-bond donors (Lipinski definition) is 1. The van der Waals surface area contributed by atoms with Gasteiger partial charge in [0.05, 0.1) is 0 Å². The molecule has 0 spiro atoms. The number of nitrogens with one attached hydrogen (secondary N) is 1. The Morgan fingerprint density at radius 2 is 2.54 bits per heavy atom. The molecular weight excluding hydrogens is 162 g/mol. The molecule has 0 aliphatic carbocycles. The molecule has 0 radical (unpaired) electrons. The van der Waals surface area contributed by atoms with Crippen LogP contribution >= 0.6 is 0 Å². The lowest BCUT2D eigenvalue weighted by Crippen LogP contribution is -2.37. The van der Waals surface area contributed by atoms with Gasteiger partial charge in [-0.05, 0) is 26.3 Å². The van der Waals surface area contributed by atoms with Crippen LogP contribution in [0.15, 0.2) is 12.4 Å². The molecule has 13 heavy (non-hydrogen) atoms. The van der Waals surface area contributed by atoms with Gasteiger partial charge in [-0.1, -0.05) is 6.42 Å². The van der Waals surface area contributed by atoms with Gasteiger partial charge >= 0.3 is 0 Å². The SMILES string of the molecule is Cc1nccn1CC1CCCCN1. The molecule has 0 bridgehead atoms. The summed E-state index contributed by atoms with van der Waals surface area (Å²) in [7, 11) is 0. The minimum Gasteiger partial charge on any atom is -0.334 e. The number of nitrogens with zero attached hydrogens (tertiary/aromatic N) is 2. The van der Waals surface area contributed by atoms with Gasteiger partial charge in [0, 0.05) is 25.0 Å². The molecule has 0 aromatic carbocycles. The Morgan fingerprint density at radius 3 is 3.15 bits per heavy atom. The second kappa shape index (κ2) is 3.92. The third-order valence-electron chi connectivity index (χ3n) is 2.75. The van der Waals surface area contributed by atoms with E-state index in [1.807, 2.05) is 6.20 Å². The summed E-state index contributed by atoms with van der Waals surface area (Å²) in [5.41, 5.74) is 0. The maximum atomic E-state index is 4.22. The summed E-state index contributed by atoms with van der Waals surface area (Å²) in [6.07, 6.45) is 7.94. The minimum absolute atomic E-state index is 0.654. The van der Waals surface area contributed by atoms with Gasteiger partial charge in [-0.15, -0.1) is 0 Å². The molecule has 0 saturated carbocycles. The van der Waals surface area contributed by atoms with Crippen molar-refractivity contribution >= 4 is 0 Å². The first-order chi connectivity index (χ1) is 6.36. The number of hydrogen-bond acceptors (Lipinski definition) is 2. The van der Waals surface area contributed by atoms with Crippen LogP contribution in [-0.2, 0) is 6.54 Å². The van der Waals surface area contributed by atoms with E-state index in [1.54, 1.807) is 0 Å². The van der Waals surface area contributed by atoms with Crippen LogP contribution in [0.5, 0.6) is 0 Å². The molecule has 1 aromatic heterocycles. The lowest BCUT2D eigenvalue weighted by molar-refractivity contribution is 0.361. The summed E-state index contributed by atoms with van der Waals surface area (Å²) >= 11 is 0. The Balaban J connectivity index is 1.93. The molecule has 1 atom stereocenters. The Hall–Kier alpha value is -0.830. The molecule has 2 rings (SSSR count). The molecule has 0 amide bonds. The van der Waals surface area contributed by atoms with Crippen molar-refractivity contribution in [1.82, 2.24) is 14.9 Å². The van der Waals surface area contributed by atoms with Crippen molar-refractivity contribution in [2.45, 2.75) is 38.8 Å². The Bertz CT molecular complexity index is 261. The average Bonchev–Trinajstić information content (AvgIpc) is 2.54. The first-order valence-electron chi connectivity index (χ1n) is 5.07. The lowest BCUT2D eigenvalue weighted by Gasteiger charge is -2.24. The maximum absolute atomic E-state index is 4.22. The topological polar surface area (TPSA) is 29.9 Å². The zero-order chi connectivity index (χ0) is 9.10. The molecule has 2 heterocycles. The van der Waals surface area contributed by atoms with Crippen molar-refractivity contribution in [3.63, 3.8) is 0 Å². The Kier molecular flexibility index (Phi) is 2.64. The van der Waals surface area contributed by atoms with Gasteiger partial charge in [0.25, 0.3) is 0 Å². The van der Waals surface area contributed by atoms with E-state index < -0.39 is 0 Å². The van der Waals surface area contributed by atoms with Crippen molar-refractivity contribution < 1.29 is 0 Å². The number of piperidine rings is 1. The summed E-state index contributed by atoms with van der Waals surface area (Å²) in [4.78, 5) is 4.22. The highest BCUT2D eigenvalue weighted by atomic mass is 15.1. The summed E-state index contributed by atoms with van der Waals surface area (Å²) in [6.45, 7) is 4.31. The van der Waals surface area contributed by atoms with E-state index >= 15 is 0 Å². The Morgan fingerprint density at radius 1 is 1.62 bits per heavy atom. The molecule has 3 nitrogen and oxygen atoms in total. The fourth-order valence-corrected chi connectivity index (χ4v) is 1.91. The molecule has 72 valence electrons. The molecule has 1 aromatic rings. The largest absolute Gasteiger partial charge is 0.334 e. The average molecular weight is 179 g/mol. The number of imidazole rings is 1. The highest BCUT2D eigenvalue weighted by Gasteiger charge is 2.13. The zero-order valence-corrected chi connectivity index (χ0v) is 8.16. The van der Waals surface area contributed by atoms with Crippen molar-refractivity contribution in [1.29, 1.82) is 0 Å². The number of aromatic nitrogens is 2. The monoisotopic (exact) mass is 179 g/mol. The molecule has 1 unspecified atom stereocenters. The van der Waals surface area contributed by atoms with Gasteiger partial charge in [0.1, 0.15) is 5.82 Å². The van der Waals surface area contributed by atoms with Crippen molar-refractivity contribution in [2.24, 2.45) is 0 Å². The van der Waals surface area contributed by atoms with Gasteiger partial charge in [-0.25, -0.2) is 4.98 Å².